The number of nitrogens with zero attached hydrogens (tertiary/aromatic N) is 2. The number of ether oxygens (including phenoxy) is 1. The molecule has 1 saturated heterocycles. The average molecular weight is 340 g/mol. The van der Waals surface area contributed by atoms with E-state index in [9.17, 15) is 5.26 Å². The molecule has 0 radical (unpaired) electrons. The van der Waals surface area contributed by atoms with Crippen molar-refractivity contribution >= 4 is 28.2 Å². The van der Waals surface area contributed by atoms with E-state index in [1.54, 1.807) is 0 Å². The number of hydrogen-bond acceptors (Lipinski definition) is 5. The number of nitriles is 1. The monoisotopic (exact) mass is 340 g/mol. The van der Waals surface area contributed by atoms with Crippen LogP contribution in [0.25, 0.3) is 10.8 Å². The van der Waals surface area contributed by atoms with E-state index in [0.29, 0.717) is 28.5 Å². The second-order valence-corrected chi connectivity index (χ2v) is 6.87. The molecular weight excluding hydrogens is 316 g/mol. The second-order valence-electron chi connectivity index (χ2n) is 6.87. The molecule has 4 heterocycles. The normalized spacial score (nSPS) is 19.5. The van der Waals surface area contributed by atoms with E-state index in [0.717, 1.165) is 55.5 Å². The molecule has 0 aliphatic carbocycles. The number of fused-ring (bicyclic) bond motifs is 3. The summed E-state index contributed by atoms with van der Waals surface area (Å²) in [5.41, 5.74) is 14.1. The fraction of sp³-hybridized carbons (Fsp3) is 0.500. The molecule has 130 valence electrons. The van der Waals surface area contributed by atoms with Gasteiger partial charge in [0.15, 0.2) is 0 Å². The SMILES string of the molecule is CC[C@@H]1Cc2c([nH+]c(N)c3c(N)[nH+]c(N4CCCCC4)c(C#N)c23)O1. The highest BCUT2D eigenvalue weighted by atomic mass is 16.5. The van der Waals surface area contributed by atoms with Gasteiger partial charge in [-0.25, -0.2) is 9.97 Å². The van der Waals surface area contributed by atoms with Crippen molar-refractivity contribution in [2.24, 2.45) is 0 Å². The van der Waals surface area contributed by atoms with Crippen molar-refractivity contribution in [3.05, 3.63) is 11.1 Å². The minimum atomic E-state index is 0.103. The molecule has 0 saturated carbocycles. The van der Waals surface area contributed by atoms with Crippen molar-refractivity contribution < 1.29 is 14.7 Å². The smallest absolute Gasteiger partial charge is 0.287 e. The standard InChI is InChI=1S/C18H22N6O/c1-2-10-8-11-13-12(9-19)17(24-6-4-3-5-7-24)22-15(20)14(13)16(21)23-18(11)25-10/h10H,2-8H2,1H3,(H2,20,22)(H2,21,23)/p+2/t10-/m1/s1. The minimum absolute atomic E-state index is 0.103. The third-order valence-electron chi connectivity index (χ3n) is 5.31. The van der Waals surface area contributed by atoms with Gasteiger partial charge in [-0.3, -0.25) is 10.6 Å². The molecule has 0 spiro atoms. The molecule has 0 bridgehead atoms. The first kappa shape index (κ1) is 15.8. The van der Waals surface area contributed by atoms with Gasteiger partial charge in [0, 0.05) is 11.8 Å². The highest BCUT2D eigenvalue weighted by Crippen LogP contribution is 2.39. The molecule has 1 atom stereocenters. The van der Waals surface area contributed by atoms with Crippen molar-refractivity contribution in [2.45, 2.75) is 45.1 Å². The number of nitrogen functional groups attached to an aromatic ring is 2. The molecule has 0 aromatic carbocycles. The Kier molecular flexibility index (Phi) is 3.75. The molecule has 7 nitrogen and oxygen atoms in total. The summed E-state index contributed by atoms with van der Waals surface area (Å²) in [6.07, 6.45) is 5.24. The quantitative estimate of drug-likeness (QED) is 0.852. The van der Waals surface area contributed by atoms with Gasteiger partial charge in [0.2, 0.25) is 11.6 Å². The van der Waals surface area contributed by atoms with Gasteiger partial charge in [-0.15, -0.1) is 0 Å². The van der Waals surface area contributed by atoms with Crippen LogP contribution in [-0.2, 0) is 6.42 Å². The first-order valence-corrected chi connectivity index (χ1v) is 8.97. The summed E-state index contributed by atoms with van der Waals surface area (Å²) in [5, 5.41) is 11.5. The van der Waals surface area contributed by atoms with Crippen molar-refractivity contribution in [1.82, 2.24) is 0 Å². The Hall–Kier alpha value is -2.75. The number of pyridine rings is 2. The van der Waals surface area contributed by atoms with Crippen molar-refractivity contribution in [2.75, 3.05) is 29.5 Å². The van der Waals surface area contributed by atoms with Gasteiger partial charge in [0.1, 0.15) is 23.1 Å². The van der Waals surface area contributed by atoms with E-state index in [-0.39, 0.29) is 6.10 Å². The summed E-state index contributed by atoms with van der Waals surface area (Å²) in [6.45, 7) is 3.95. The van der Waals surface area contributed by atoms with E-state index in [4.69, 9.17) is 16.2 Å². The lowest BCUT2D eigenvalue weighted by Crippen LogP contribution is -2.36. The van der Waals surface area contributed by atoms with Crippen LogP contribution in [-0.4, -0.2) is 19.2 Å². The van der Waals surface area contributed by atoms with Gasteiger partial charge < -0.3 is 10.5 Å². The molecule has 2 aliphatic heterocycles. The van der Waals surface area contributed by atoms with E-state index in [1.165, 1.54) is 6.42 Å². The topological polar surface area (TPSA) is 117 Å². The Morgan fingerprint density at radius 2 is 1.88 bits per heavy atom. The maximum absolute atomic E-state index is 9.95. The number of nitrogens with one attached hydrogen (secondary N) is 2. The molecule has 25 heavy (non-hydrogen) atoms. The number of H-pyrrole nitrogens is 2. The van der Waals surface area contributed by atoms with Crippen LogP contribution in [0.3, 0.4) is 0 Å². The summed E-state index contributed by atoms with van der Waals surface area (Å²) in [4.78, 5) is 8.58. The van der Waals surface area contributed by atoms with Crippen LogP contribution < -0.4 is 31.1 Å². The number of aromatic amines is 2. The zero-order valence-electron chi connectivity index (χ0n) is 14.5. The van der Waals surface area contributed by atoms with Crippen molar-refractivity contribution in [3.8, 4) is 11.9 Å². The zero-order chi connectivity index (χ0) is 17.6. The summed E-state index contributed by atoms with van der Waals surface area (Å²) >= 11 is 0. The number of hydrogen-bond donors (Lipinski definition) is 2. The molecule has 2 aliphatic rings. The van der Waals surface area contributed by atoms with E-state index in [1.807, 2.05) is 0 Å². The molecular formula is C18H24N6O+2. The molecule has 2 aromatic rings. The Balaban J connectivity index is 2.00. The van der Waals surface area contributed by atoms with Gasteiger partial charge in [0.05, 0.1) is 18.7 Å². The van der Waals surface area contributed by atoms with Crippen LogP contribution in [0.5, 0.6) is 5.88 Å². The number of anilines is 3. The van der Waals surface area contributed by atoms with E-state index in [2.05, 4.69) is 27.9 Å². The summed E-state index contributed by atoms with van der Waals surface area (Å²) < 4.78 is 5.96. The Morgan fingerprint density at radius 1 is 1.16 bits per heavy atom. The lowest BCUT2D eigenvalue weighted by Gasteiger charge is -2.24. The van der Waals surface area contributed by atoms with Crippen LogP contribution in [0, 0.1) is 11.3 Å². The molecule has 0 amide bonds. The van der Waals surface area contributed by atoms with Crippen LogP contribution in [0.2, 0.25) is 0 Å². The molecule has 6 N–H and O–H groups in total. The average Bonchev–Trinajstić information content (AvgIpc) is 3.05. The Morgan fingerprint density at radius 3 is 2.56 bits per heavy atom. The third-order valence-corrected chi connectivity index (χ3v) is 5.31. The highest BCUT2D eigenvalue weighted by molar-refractivity contribution is 6.03. The summed E-state index contributed by atoms with van der Waals surface area (Å²) in [7, 11) is 0. The highest BCUT2D eigenvalue weighted by Gasteiger charge is 2.34. The number of aromatic nitrogens is 2. The lowest BCUT2D eigenvalue weighted by molar-refractivity contribution is -0.376. The van der Waals surface area contributed by atoms with Gasteiger partial charge in [-0.2, -0.15) is 5.26 Å². The predicted molar refractivity (Wildman–Crippen MR) is 95.1 cm³/mol. The van der Waals surface area contributed by atoms with Crippen LogP contribution in [0.1, 0.15) is 43.7 Å². The maximum atomic E-state index is 9.95. The van der Waals surface area contributed by atoms with E-state index < -0.39 is 0 Å². The Labute approximate surface area is 146 Å². The number of piperidine rings is 1. The molecule has 4 rings (SSSR count). The number of rotatable bonds is 2. The van der Waals surface area contributed by atoms with Crippen LogP contribution >= 0.6 is 0 Å². The fourth-order valence-electron chi connectivity index (χ4n) is 4.01. The maximum Gasteiger partial charge on any atom is 0.287 e. The number of nitrogens with two attached hydrogens (primary N) is 2. The zero-order valence-corrected chi connectivity index (χ0v) is 14.5. The first-order valence-electron chi connectivity index (χ1n) is 8.97. The van der Waals surface area contributed by atoms with Crippen LogP contribution in [0.15, 0.2) is 0 Å². The fourth-order valence-corrected chi connectivity index (χ4v) is 4.01. The van der Waals surface area contributed by atoms with Gasteiger partial charge >= 0.3 is 0 Å². The largest absolute Gasteiger partial charge is 0.458 e. The molecule has 1 fully saturated rings. The summed E-state index contributed by atoms with van der Waals surface area (Å²) in [5.74, 6) is 2.40. The predicted octanol–water partition coefficient (Wildman–Crippen LogP) is 1.21. The molecule has 2 aromatic heterocycles. The van der Waals surface area contributed by atoms with Gasteiger partial charge in [0.25, 0.3) is 11.7 Å². The van der Waals surface area contributed by atoms with Crippen LogP contribution in [0.4, 0.5) is 17.5 Å². The molecule has 7 heteroatoms. The third kappa shape index (κ3) is 2.40. The lowest BCUT2D eigenvalue weighted by atomic mass is 9.98. The first-order chi connectivity index (χ1) is 12.1. The van der Waals surface area contributed by atoms with E-state index >= 15 is 0 Å². The second kappa shape index (κ2) is 5.96. The van der Waals surface area contributed by atoms with Gasteiger partial charge in [-0.05, 0) is 25.7 Å². The molecule has 0 unspecified atom stereocenters. The van der Waals surface area contributed by atoms with Gasteiger partial charge in [-0.1, -0.05) is 6.92 Å². The van der Waals surface area contributed by atoms with Crippen molar-refractivity contribution in [1.29, 1.82) is 5.26 Å². The Bertz CT molecular complexity index is 882. The van der Waals surface area contributed by atoms with Crippen molar-refractivity contribution in [3.63, 3.8) is 0 Å². The summed E-state index contributed by atoms with van der Waals surface area (Å²) in [6, 6.07) is 2.40. The minimum Gasteiger partial charge on any atom is -0.458 e.